The summed E-state index contributed by atoms with van der Waals surface area (Å²) in [5.74, 6) is 1.04. The fraction of sp³-hybridized carbons (Fsp3) is 0.333. The molecule has 2 heterocycles. The fourth-order valence-corrected chi connectivity index (χ4v) is 2.42. The number of hydrogen-bond donors (Lipinski definition) is 0. The Labute approximate surface area is 104 Å². The summed E-state index contributed by atoms with van der Waals surface area (Å²) in [6, 6.07) is 4.11. The number of rotatable bonds is 3. The lowest BCUT2D eigenvalue weighted by Crippen LogP contribution is -2.01. The molecule has 2 aromatic heterocycles. The molecule has 0 amide bonds. The van der Waals surface area contributed by atoms with Crippen LogP contribution in [-0.4, -0.2) is 14.5 Å². The molecule has 0 radical (unpaired) electrons. The summed E-state index contributed by atoms with van der Waals surface area (Å²) in [5.41, 5.74) is 2.55. The van der Waals surface area contributed by atoms with Crippen molar-refractivity contribution < 1.29 is 0 Å². The Morgan fingerprint density at radius 2 is 1.94 bits per heavy atom. The third-order valence-corrected chi connectivity index (χ3v) is 3.42. The number of nitrogens with zero attached hydrogens (tertiary/aromatic N) is 3. The molecule has 0 bridgehead atoms. The molecular weight excluding hydrogens is 266 g/mol. The van der Waals surface area contributed by atoms with Gasteiger partial charge in [0.05, 0.1) is 5.69 Å². The van der Waals surface area contributed by atoms with E-state index in [4.69, 9.17) is 0 Å². The van der Waals surface area contributed by atoms with Gasteiger partial charge < -0.3 is 4.57 Å². The Morgan fingerprint density at radius 3 is 2.50 bits per heavy atom. The van der Waals surface area contributed by atoms with Crippen LogP contribution in [0.3, 0.4) is 0 Å². The van der Waals surface area contributed by atoms with Crippen LogP contribution >= 0.6 is 15.9 Å². The minimum absolute atomic E-state index is 0.960. The molecule has 0 aromatic carbocycles. The zero-order chi connectivity index (χ0) is 11.5. The Bertz CT molecular complexity index is 477. The predicted octanol–water partition coefficient (Wildman–Crippen LogP) is 2.67. The van der Waals surface area contributed by atoms with Crippen LogP contribution in [0, 0.1) is 6.92 Å². The Kier molecular flexibility index (Phi) is 3.39. The van der Waals surface area contributed by atoms with Gasteiger partial charge in [-0.1, -0.05) is 0 Å². The number of aryl methyl sites for hydroxylation is 2. The lowest BCUT2D eigenvalue weighted by Gasteiger charge is -2.04. The summed E-state index contributed by atoms with van der Waals surface area (Å²) in [6.45, 7) is 2.01. The molecule has 0 aliphatic carbocycles. The Balaban J connectivity index is 2.11. The first-order valence-electron chi connectivity index (χ1n) is 5.25. The van der Waals surface area contributed by atoms with Crippen molar-refractivity contribution >= 4 is 15.9 Å². The van der Waals surface area contributed by atoms with E-state index in [1.54, 1.807) is 0 Å². The topological polar surface area (TPSA) is 30.7 Å². The quantitative estimate of drug-likeness (QED) is 0.865. The molecule has 0 fully saturated rings. The second-order valence-corrected chi connectivity index (χ2v) is 4.56. The van der Waals surface area contributed by atoms with E-state index >= 15 is 0 Å². The van der Waals surface area contributed by atoms with Crippen LogP contribution in [0.2, 0.25) is 0 Å². The van der Waals surface area contributed by atoms with Crippen LogP contribution < -0.4 is 0 Å². The van der Waals surface area contributed by atoms with Gasteiger partial charge in [-0.3, -0.25) is 4.98 Å². The number of halogens is 1. The summed E-state index contributed by atoms with van der Waals surface area (Å²) in [7, 11) is 2.05. The third kappa shape index (κ3) is 2.32. The normalized spacial score (nSPS) is 10.7. The lowest BCUT2D eigenvalue weighted by atomic mass is 10.1. The largest absolute Gasteiger partial charge is 0.334 e. The second-order valence-electron chi connectivity index (χ2n) is 3.81. The molecule has 16 heavy (non-hydrogen) atoms. The molecule has 0 unspecified atom stereocenters. The van der Waals surface area contributed by atoms with Gasteiger partial charge in [-0.05, 0) is 53.4 Å². The van der Waals surface area contributed by atoms with Crippen molar-refractivity contribution in [1.29, 1.82) is 0 Å². The van der Waals surface area contributed by atoms with Gasteiger partial charge in [0.2, 0.25) is 0 Å². The molecule has 0 atom stereocenters. The van der Waals surface area contributed by atoms with E-state index in [-0.39, 0.29) is 0 Å². The highest BCUT2D eigenvalue weighted by Crippen LogP contribution is 2.18. The molecule has 0 saturated heterocycles. The first-order chi connectivity index (χ1) is 7.68. The van der Waals surface area contributed by atoms with E-state index < -0.39 is 0 Å². The zero-order valence-electron chi connectivity index (χ0n) is 9.44. The molecule has 0 N–H and O–H groups in total. The smallest absolute Gasteiger partial charge is 0.127 e. The summed E-state index contributed by atoms with van der Waals surface area (Å²) < 4.78 is 3.09. The summed E-state index contributed by atoms with van der Waals surface area (Å²) in [4.78, 5) is 8.40. The molecule has 0 aliphatic rings. The second kappa shape index (κ2) is 4.78. The molecule has 0 saturated carbocycles. The lowest BCUT2D eigenvalue weighted by molar-refractivity contribution is 0.770. The van der Waals surface area contributed by atoms with E-state index in [2.05, 4.69) is 49.6 Å². The first-order valence-corrected chi connectivity index (χ1v) is 6.04. The maximum Gasteiger partial charge on any atom is 0.127 e. The number of aromatic nitrogens is 3. The van der Waals surface area contributed by atoms with Crippen molar-refractivity contribution in [2.24, 2.45) is 7.05 Å². The molecule has 0 spiro atoms. The molecule has 4 heteroatoms. The van der Waals surface area contributed by atoms with Gasteiger partial charge in [-0.25, -0.2) is 4.98 Å². The van der Waals surface area contributed by atoms with Crippen LogP contribution in [0.5, 0.6) is 0 Å². The molecule has 2 aromatic rings. The van der Waals surface area contributed by atoms with E-state index in [1.807, 2.05) is 19.3 Å². The maximum absolute atomic E-state index is 4.39. The summed E-state index contributed by atoms with van der Waals surface area (Å²) in [5, 5.41) is 0. The standard InChI is InChI=1S/C12H14BrN3/c1-9-15-12(13)11(16(9)2)4-3-10-5-7-14-8-6-10/h5-8H,3-4H2,1-2H3. The Hall–Kier alpha value is -1.16. The van der Waals surface area contributed by atoms with Crippen LogP contribution in [0.25, 0.3) is 0 Å². The van der Waals surface area contributed by atoms with E-state index in [0.717, 1.165) is 23.3 Å². The minimum atomic E-state index is 0.960. The monoisotopic (exact) mass is 279 g/mol. The van der Waals surface area contributed by atoms with Gasteiger partial charge in [-0.2, -0.15) is 0 Å². The van der Waals surface area contributed by atoms with Crippen molar-refractivity contribution in [2.45, 2.75) is 19.8 Å². The third-order valence-electron chi connectivity index (χ3n) is 2.79. The van der Waals surface area contributed by atoms with Gasteiger partial charge in [0.1, 0.15) is 10.4 Å². The van der Waals surface area contributed by atoms with Crippen LogP contribution in [0.4, 0.5) is 0 Å². The van der Waals surface area contributed by atoms with Crippen molar-refractivity contribution in [3.8, 4) is 0 Å². The number of pyridine rings is 1. The molecule has 84 valence electrons. The van der Waals surface area contributed by atoms with Gasteiger partial charge in [0.15, 0.2) is 0 Å². The molecule has 3 nitrogen and oxygen atoms in total. The highest BCUT2D eigenvalue weighted by atomic mass is 79.9. The fourth-order valence-electron chi connectivity index (χ4n) is 1.70. The van der Waals surface area contributed by atoms with Gasteiger partial charge >= 0.3 is 0 Å². The molecular formula is C12H14BrN3. The molecule has 2 rings (SSSR count). The van der Waals surface area contributed by atoms with Crippen molar-refractivity contribution in [1.82, 2.24) is 14.5 Å². The van der Waals surface area contributed by atoms with Crippen LogP contribution in [0.1, 0.15) is 17.1 Å². The maximum atomic E-state index is 4.39. The summed E-state index contributed by atoms with van der Waals surface area (Å²) in [6.07, 6.45) is 5.67. The van der Waals surface area contributed by atoms with Gasteiger partial charge in [0, 0.05) is 19.4 Å². The minimum Gasteiger partial charge on any atom is -0.334 e. The average molecular weight is 280 g/mol. The Morgan fingerprint density at radius 1 is 1.25 bits per heavy atom. The highest BCUT2D eigenvalue weighted by molar-refractivity contribution is 9.10. The average Bonchev–Trinajstić information content (AvgIpc) is 2.53. The van der Waals surface area contributed by atoms with Crippen LogP contribution in [-0.2, 0) is 19.9 Å². The van der Waals surface area contributed by atoms with Crippen molar-refractivity contribution in [3.05, 3.63) is 46.2 Å². The van der Waals surface area contributed by atoms with Crippen LogP contribution in [0.15, 0.2) is 29.1 Å². The number of imidazole rings is 1. The summed E-state index contributed by atoms with van der Waals surface area (Å²) >= 11 is 3.50. The van der Waals surface area contributed by atoms with E-state index in [0.29, 0.717) is 0 Å². The van der Waals surface area contributed by atoms with E-state index in [1.165, 1.54) is 11.3 Å². The van der Waals surface area contributed by atoms with Gasteiger partial charge in [0.25, 0.3) is 0 Å². The van der Waals surface area contributed by atoms with Crippen molar-refractivity contribution in [2.75, 3.05) is 0 Å². The molecule has 0 aliphatic heterocycles. The predicted molar refractivity (Wildman–Crippen MR) is 67.3 cm³/mol. The zero-order valence-corrected chi connectivity index (χ0v) is 11.0. The van der Waals surface area contributed by atoms with Crippen molar-refractivity contribution in [3.63, 3.8) is 0 Å². The van der Waals surface area contributed by atoms with Gasteiger partial charge in [-0.15, -0.1) is 0 Å². The number of hydrogen-bond acceptors (Lipinski definition) is 2. The highest BCUT2D eigenvalue weighted by Gasteiger charge is 2.09. The first kappa shape index (κ1) is 11.3. The van der Waals surface area contributed by atoms with E-state index in [9.17, 15) is 0 Å². The SMILES string of the molecule is Cc1nc(Br)c(CCc2ccncc2)n1C.